The minimum Gasteiger partial charge on any atom is -0.497 e. The molecule has 1 heterocycles. The van der Waals surface area contributed by atoms with Gasteiger partial charge in [-0.05, 0) is 61.7 Å². The lowest BCUT2D eigenvalue weighted by Crippen LogP contribution is -2.33. The highest BCUT2D eigenvalue weighted by Crippen LogP contribution is 2.32. The zero-order valence-corrected chi connectivity index (χ0v) is 23.2. The SMILES string of the molecule is COc1ccc(CN(Cc2cc3cc(OC)c(OC)cc3[nH]c2=O)S(=O)(=O)c2c(C)cc(C)cc2C)cc1. The highest BCUT2D eigenvalue weighted by Gasteiger charge is 2.29. The Kier molecular flexibility index (Phi) is 7.80. The molecule has 1 aromatic heterocycles. The van der Waals surface area contributed by atoms with E-state index in [2.05, 4.69) is 4.98 Å². The van der Waals surface area contributed by atoms with Crippen molar-refractivity contribution in [3.8, 4) is 17.2 Å². The Morgan fingerprint density at radius 2 is 1.39 bits per heavy atom. The summed E-state index contributed by atoms with van der Waals surface area (Å²) in [6, 6.07) is 16.0. The van der Waals surface area contributed by atoms with Gasteiger partial charge in [-0.25, -0.2) is 8.42 Å². The molecule has 0 spiro atoms. The van der Waals surface area contributed by atoms with Crippen molar-refractivity contribution in [1.29, 1.82) is 0 Å². The molecular formula is C29H32N2O6S. The first-order valence-corrected chi connectivity index (χ1v) is 13.5. The first-order chi connectivity index (χ1) is 18.1. The van der Waals surface area contributed by atoms with Crippen molar-refractivity contribution in [3.63, 3.8) is 0 Å². The predicted octanol–water partition coefficient (Wildman–Crippen LogP) is 4.87. The lowest BCUT2D eigenvalue weighted by molar-refractivity contribution is 0.355. The van der Waals surface area contributed by atoms with Crippen LogP contribution in [0, 0.1) is 20.8 Å². The fourth-order valence-corrected chi connectivity index (χ4v) is 6.57. The molecule has 0 aliphatic carbocycles. The van der Waals surface area contributed by atoms with Crippen LogP contribution in [-0.4, -0.2) is 39.0 Å². The number of hydrogen-bond donors (Lipinski definition) is 1. The molecule has 0 atom stereocenters. The topological polar surface area (TPSA) is 97.9 Å². The van der Waals surface area contributed by atoms with Crippen LogP contribution >= 0.6 is 0 Å². The normalized spacial score (nSPS) is 11.7. The quantitative estimate of drug-likeness (QED) is 0.328. The van der Waals surface area contributed by atoms with E-state index in [0.717, 1.165) is 11.1 Å². The third-order valence-corrected chi connectivity index (χ3v) is 8.59. The first kappa shape index (κ1) is 27.2. The lowest BCUT2D eigenvalue weighted by Gasteiger charge is -2.25. The number of aryl methyl sites for hydroxylation is 3. The van der Waals surface area contributed by atoms with E-state index in [1.807, 2.05) is 31.2 Å². The molecule has 38 heavy (non-hydrogen) atoms. The number of methoxy groups -OCH3 is 3. The van der Waals surface area contributed by atoms with Crippen LogP contribution in [0.5, 0.6) is 17.2 Å². The van der Waals surface area contributed by atoms with Gasteiger partial charge in [-0.2, -0.15) is 4.31 Å². The number of fused-ring (bicyclic) bond motifs is 1. The maximum atomic E-state index is 14.1. The molecular weight excluding hydrogens is 504 g/mol. The predicted molar refractivity (Wildman–Crippen MR) is 148 cm³/mol. The Balaban J connectivity index is 1.83. The largest absolute Gasteiger partial charge is 0.497 e. The molecule has 0 unspecified atom stereocenters. The van der Waals surface area contributed by atoms with Gasteiger partial charge >= 0.3 is 0 Å². The van der Waals surface area contributed by atoms with Gasteiger partial charge in [0.05, 0.1) is 31.7 Å². The minimum absolute atomic E-state index is 0.0719. The van der Waals surface area contributed by atoms with E-state index in [4.69, 9.17) is 14.2 Å². The van der Waals surface area contributed by atoms with Crippen LogP contribution < -0.4 is 19.8 Å². The average molecular weight is 537 g/mol. The fourth-order valence-electron chi connectivity index (χ4n) is 4.75. The van der Waals surface area contributed by atoms with Crippen LogP contribution in [0.15, 0.2) is 64.3 Å². The van der Waals surface area contributed by atoms with Crippen molar-refractivity contribution in [2.24, 2.45) is 0 Å². The summed E-state index contributed by atoms with van der Waals surface area (Å²) in [7, 11) is 0.649. The summed E-state index contributed by atoms with van der Waals surface area (Å²) in [5.41, 5.74) is 3.56. The summed E-state index contributed by atoms with van der Waals surface area (Å²) >= 11 is 0. The number of pyridine rings is 1. The van der Waals surface area contributed by atoms with E-state index < -0.39 is 10.0 Å². The molecule has 4 aromatic rings. The summed E-state index contributed by atoms with van der Waals surface area (Å²) in [6.07, 6.45) is 0. The van der Waals surface area contributed by atoms with Gasteiger partial charge < -0.3 is 19.2 Å². The molecule has 8 nitrogen and oxygen atoms in total. The van der Waals surface area contributed by atoms with Gasteiger partial charge in [-0.3, -0.25) is 4.79 Å². The number of benzene rings is 3. The monoisotopic (exact) mass is 536 g/mol. The Bertz CT molecular complexity index is 1620. The van der Waals surface area contributed by atoms with Crippen molar-refractivity contribution in [1.82, 2.24) is 9.29 Å². The Labute approximate surface area is 222 Å². The lowest BCUT2D eigenvalue weighted by atomic mass is 10.1. The van der Waals surface area contributed by atoms with Gasteiger partial charge in [-0.1, -0.05) is 29.8 Å². The second kappa shape index (κ2) is 10.9. The summed E-state index contributed by atoms with van der Waals surface area (Å²) in [4.78, 5) is 16.2. The zero-order chi connectivity index (χ0) is 27.6. The second-order valence-corrected chi connectivity index (χ2v) is 11.1. The number of aromatic amines is 1. The molecule has 0 saturated carbocycles. The minimum atomic E-state index is -3.98. The highest BCUT2D eigenvalue weighted by atomic mass is 32.2. The molecule has 0 fully saturated rings. The maximum Gasteiger partial charge on any atom is 0.252 e. The highest BCUT2D eigenvalue weighted by molar-refractivity contribution is 7.89. The number of H-pyrrole nitrogens is 1. The first-order valence-electron chi connectivity index (χ1n) is 12.1. The molecule has 4 rings (SSSR count). The smallest absolute Gasteiger partial charge is 0.252 e. The zero-order valence-electron chi connectivity index (χ0n) is 22.4. The van der Waals surface area contributed by atoms with Crippen molar-refractivity contribution < 1.29 is 22.6 Å². The molecule has 0 saturated heterocycles. The van der Waals surface area contributed by atoms with E-state index >= 15 is 0 Å². The molecule has 3 aromatic carbocycles. The third-order valence-electron chi connectivity index (χ3n) is 6.49. The molecule has 0 aliphatic heterocycles. The van der Waals surface area contributed by atoms with Crippen molar-refractivity contribution in [2.75, 3.05) is 21.3 Å². The van der Waals surface area contributed by atoms with Gasteiger partial charge in [0.25, 0.3) is 5.56 Å². The van der Waals surface area contributed by atoms with Crippen LogP contribution in [0.25, 0.3) is 10.9 Å². The van der Waals surface area contributed by atoms with Gasteiger partial charge in [0.15, 0.2) is 11.5 Å². The number of hydrogen-bond acceptors (Lipinski definition) is 6. The summed E-state index contributed by atoms with van der Waals surface area (Å²) in [5, 5.41) is 0.696. The number of aromatic nitrogens is 1. The van der Waals surface area contributed by atoms with Crippen LogP contribution in [0.4, 0.5) is 0 Å². The van der Waals surface area contributed by atoms with Crippen LogP contribution in [-0.2, 0) is 23.1 Å². The molecule has 0 amide bonds. The van der Waals surface area contributed by atoms with E-state index in [0.29, 0.717) is 44.8 Å². The van der Waals surface area contributed by atoms with E-state index in [9.17, 15) is 13.2 Å². The molecule has 9 heteroatoms. The maximum absolute atomic E-state index is 14.1. The summed E-state index contributed by atoms with van der Waals surface area (Å²) in [5.74, 6) is 1.66. The number of nitrogens with zero attached hydrogens (tertiary/aromatic N) is 1. The summed E-state index contributed by atoms with van der Waals surface area (Å²) in [6.45, 7) is 5.47. The van der Waals surface area contributed by atoms with E-state index in [1.165, 1.54) is 18.5 Å². The number of sulfonamides is 1. The van der Waals surface area contributed by atoms with Gasteiger partial charge in [0.2, 0.25) is 10.0 Å². The molecule has 0 aliphatic rings. The Hall–Kier alpha value is -3.82. The van der Waals surface area contributed by atoms with Crippen molar-refractivity contribution >= 4 is 20.9 Å². The Morgan fingerprint density at radius 3 is 1.97 bits per heavy atom. The van der Waals surface area contributed by atoms with E-state index in [1.54, 1.807) is 51.3 Å². The third kappa shape index (κ3) is 5.39. The van der Waals surface area contributed by atoms with Crippen LogP contribution in [0.3, 0.4) is 0 Å². The molecule has 0 bridgehead atoms. The number of ether oxygens (including phenoxy) is 3. The van der Waals surface area contributed by atoms with Crippen molar-refractivity contribution in [2.45, 2.75) is 38.8 Å². The van der Waals surface area contributed by atoms with Gasteiger partial charge in [-0.15, -0.1) is 0 Å². The molecule has 0 radical (unpaired) electrons. The number of rotatable bonds is 9. The van der Waals surface area contributed by atoms with Crippen molar-refractivity contribution in [3.05, 3.63) is 92.8 Å². The van der Waals surface area contributed by atoms with E-state index in [-0.39, 0.29) is 23.5 Å². The van der Waals surface area contributed by atoms with Gasteiger partial charge in [0, 0.05) is 30.1 Å². The molecule has 1 N–H and O–H groups in total. The second-order valence-electron chi connectivity index (χ2n) is 9.27. The number of nitrogens with one attached hydrogen (secondary N) is 1. The standard InChI is InChI=1S/C29H32N2O6S/c1-18-11-19(2)28(20(3)12-18)38(33,34)31(16-21-7-9-24(35-4)10-8-21)17-23-13-22-14-26(36-5)27(37-6)15-25(22)30-29(23)32/h7-15H,16-17H2,1-6H3,(H,30,32). The van der Waals surface area contributed by atoms with Crippen LogP contribution in [0.1, 0.15) is 27.8 Å². The summed E-state index contributed by atoms with van der Waals surface area (Å²) < 4.78 is 45.6. The van der Waals surface area contributed by atoms with Gasteiger partial charge in [0.1, 0.15) is 5.75 Å². The average Bonchev–Trinajstić information content (AvgIpc) is 2.87. The Morgan fingerprint density at radius 1 is 0.789 bits per heavy atom. The van der Waals surface area contributed by atoms with Crippen LogP contribution in [0.2, 0.25) is 0 Å². The fraction of sp³-hybridized carbons (Fsp3) is 0.276. The molecule has 200 valence electrons.